The Labute approximate surface area is 227 Å². The molecule has 2 bridgehead atoms. The monoisotopic (exact) mass is 563 g/mol. The number of methoxy groups -OCH3 is 1. The zero-order valence-electron chi connectivity index (χ0n) is 21.6. The van der Waals surface area contributed by atoms with Crippen LogP contribution in [0.4, 0.5) is 0 Å². The van der Waals surface area contributed by atoms with E-state index in [1.54, 1.807) is 6.07 Å². The lowest BCUT2D eigenvalue weighted by atomic mass is 9.50. The van der Waals surface area contributed by atoms with Gasteiger partial charge in [0.1, 0.15) is 5.76 Å². The Morgan fingerprint density at radius 3 is 2.50 bits per heavy atom. The van der Waals surface area contributed by atoms with Gasteiger partial charge in [-0.05, 0) is 44.1 Å². The van der Waals surface area contributed by atoms with E-state index >= 15 is 0 Å². The molecular formula is C26H29NO13. The second-order valence-electron chi connectivity index (χ2n) is 10.5. The summed E-state index contributed by atoms with van der Waals surface area (Å²) in [5.41, 5.74) is -0.573. The van der Waals surface area contributed by atoms with Crippen LogP contribution in [0.25, 0.3) is 0 Å². The highest BCUT2D eigenvalue weighted by atomic mass is 16.6. The molecule has 14 heteroatoms. The molecule has 0 radical (unpaired) electrons. The Kier molecular flexibility index (Phi) is 6.77. The Bertz CT molecular complexity index is 1310. The number of carboxylic acid groups (broad SMARTS) is 2. The van der Waals surface area contributed by atoms with Crippen molar-refractivity contribution < 1.29 is 63.7 Å². The van der Waals surface area contributed by atoms with Crippen molar-refractivity contribution in [2.75, 3.05) is 20.7 Å². The molecule has 216 valence electrons. The molecule has 4 aliphatic rings. The minimum absolute atomic E-state index is 0.0435. The molecule has 0 unspecified atom stereocenters. The number of aliphatic carboxylic acids is 2. The van der Waals surface area contributed by atoms with Crippen LogP contribution in [-0.4, -0.2) is 111 Å². The minimum atomic E-state index is -2.57. The van der Waals surface area contributed by atoms with Crippen LogP contribution in [0.2, 0.25) is 0 Å². The Morgan fingerprint density at radius 2 is 1.85 bits per heavy atom. The van der Waals surface area contributed by atoms with Gasteiger partial charge in [0.2, 0.25) is 6.10 Å². The molecule has 0 saturated carbocycles. The van der Waals surface area contributed by atoms with Crippen molar-refractivity contribution in [3.05, 3.63) is 35.1 Å². The van der Waals surface area contributed by atoms with E-state index in [1.807, 2.05) is 13.1 Å². The highest BCUT2D eigenvalue weighted by Crippen LogP contribution is 2.65. The maximum atomic E-state index is 12.9. The maximum absolute atomic E-state index is 12.9. The summed E-state index contributed by atoms with van der Waals surface area (Å²) in [5.74, 6) is -5.77. The average Bonchev–Trinajstić information content (AvgIpc) is 3.26. The molecule has 1 aromatic carbocycles. The summed E-state index contributed by atoms with van der Waals surface area (Å²) in [4.78, 5) is 49.1. The lowest BCUT2D eigenvalue weighted by Gasteiger charge is -2.61. The van der Waals surface area contributed by atoms with Crippen LogP contribution in [0.1, 0.15) is 30.4 Å². The predicted octanol–water partition coefficient (Wildman–Crippen LogP) is -1.29. The fourth-order valence-corrected chi connectivity index (χ4v) is 6.57. The number of likely N-dealkylation sites (N-methyl/N-ethyl adjacent to an activating group) is 1. The summed E-state index contributed by atoms with van der Waals surface area (Å²) in [6, 6.07) is 3.42. The van der Waals surface area contributed by atoms with Gasteiger partial charge in [0.15, 0.2) is 29.8 Å². The third kappa shape index (κ3) is 3.93. The molecule has 1 spiro atoms. The first kappa shape index (κ1) is 27.8. The standard InChI is InChI=1S/C26H29NO13/c1-27-8-7-25-17-11-3-4-12(37-2)20(17)40-21(25)13(5-6-26(25,36)15(27)9-11)38-23(34)18(30)19(31)24(35)39-14(22(32)33)10-16(28)29/h3-5,14-15,18-19,21,30-31,36H,6-10H2,1-2H3,(H,28,29)(H,32,33)/t14-,15+,18-,19-,21+,25+,26-/m1/s1. The van der Waals surface area contributed by atoms with Gasteiger partial charge in [-0.25, -0.2) is 14.4 Å². The molecule has 5 rings (SSSR count). The molecule has 1 fully saturated rings. The first-order chi connectivity index (χ1) is 18.9. The van der Waals surface area contributed by atoms with Crippen molar-refractivity contribution in [2.45, 2.75) is 67.2 Å². The summed E-state index contributed by atoms with van der Waals surface area (Å²) in [5, 5.41) is 50.5. The van der Waals surface area contributed by atoms with Crippen LogP contribution in [0, 0.1) is 0 Å². The van der Waals surface area contributed by atoms with Crippen LogP contribution in [0.3, 0.4) is 0 Å². The van der Waals surface area contributed by atoms with Gasteiger partial charge in [0.05, 0.1) is 24.5 Å². The minimum Gasteiger partial charge on any atom is -0.493 e. The van der Waals surface area contributed by atoms with Gasteiger partial charge in [-0.2, -0.15) is 0 Å². The SMILES string of the molecule is COc1ccc2c3c1O[C@H]1C(OC(=O)[C@H](O)[C@@H](O)C(=O)O[C@H](CC(=O)O)C(=O)O)=CC[C@@]4(O)[C@H](C2)N(C)CC[C@]314. The van der Waals surface area contributed by atoms with E-state index in [9.17, 15) is 34.5 Å². The lowest BCUT2D eigenvalue weighted by Crippen LogP contribution is -2.74. The van der Waals surface area contributed by atoms with Gasteiger partial charge in [-0.1, -0.05) is 6.07 Å². The van der Waals surface area contributed by atoms with E-state index in [0.717, 1.165) is 11.1 Å². The average molecular weight is 564 g/mol. The third-order valence-corrected chi connectivity index (χ3v) is 8.45. The number of benzene rings is 1. The first-order valence-corrected chi connectivity index (χ1v) is 12.6. The van der Waals surface area contributed by atoms with Crippen LogP contribution < -0.4 is 9.47 Å². The van der Waals surface area contributed by atoms with Crippen molar-refractivity contribution in [3.63, 3.8) is 0 Å². The third-order valence-electron chi connectivity index (χ3n) is 8.45. The molecule has 1 aromatic rings. The number of likely N-dealkylation sites (tertiary alicyclic amines) is 1. The second-order valence-corrected chi connectivity index (χ2v) is 10.5. The molecule has 0 aromatic heterocycles. The molecule has 14 nitrogen and oxygen atoms in total. The number of carbonyl (C=O) groups is 4. The van der Waals surface area contributed by atoms with E-state index in [4.69, 9.17) is 24.4 Å². The first-order valence-electron chi connectivity index (χ1n) is 12.6. The largest absolute Gasteiger partial charge is 0.493 e. The molecule has 2 aliphatic heterocycles. The number of aliphatic hydroxyl groups excluding tert-OH is 2. The lowest BCUT2D eigenvalue weighted by molar-refractivity contribution is -0.184. The molecule has 5 N–H and O–H groups in total. The number of rotatable bonds is 9. The van der Waals surface area contributed by atoms with E-state index in [0.29, 0.717) is 30.9 Å². The van der Waals surface area contributed by atoms with Crippen molar-refractivity contribution in [3.8, 4) is 11.5 Å². The number of hydrogen-bond acceptors (Lipinski definition) is 12. The number of carboxylic acids is 2. The van der Waals surface area contributed by atoms with E-state index in [-0.39, 0.29) is 18.2 Å². The Balaban J connectivity index is 1.41. The summed E-state index contributed by atoms with van der Waals surface area (Å²) in [7, 11) is 3.41. The van der Waals surface area contributed by atoms with Crippen LogP contribution in [0.5, 0.6) is 11.5 Å². The number of piperidine rings is 1. The van der Waals surface area contributed by atoms with Gasteiger partial charge >= 0.3 is 23.9 Å². The molecule has 2 heterocycles. The highest BCUT2D eigenvalue weighted by molar-refractivity contribution is 5.88. The highest BCUT2D eigenvalue weighted by Gasteiger charge is 2.72. The number of hydrogen-bond donors (Lipinski definition) is 5. The van der Waals surface area contributed by atoms with Crippen LogP contribution >= 0.6 is 0 Å². The zero-order chi connectivity index (χ0) is 29.1. The number of ether oxygens (including phenoxy) is 4. The summed E-state index contributed by atoms with van der Waals surface area (Å²) >= 11 is 0. The van der Waals surface area contributed by atoms with Gasteiger partial charge in [-0.15, -0.1) is 0 Å². The quantitative estimate of drug-likeness (QED) is 0.221. The fourth-order valence-electron chi connectivity index (χ4n) is 6.57. The molecule has 0 amide bonds. The Hall–Kier alpha value is -3.72. The zero-order valence-corrected chi connectivity index (χ0v) is 21.6. The topological polar surface area (TPSA) is 210 Å². The number of esters is 2. The Morgan fingerprint density at radius 1 is 1.15 bits per heavy atom. The van der Waals surface area contributed by atoms with Crippen molar-refractivity contribution >= 4 is 23.9 Å². The number of aliphatic hydroxyl groups is 3. The van der Waals surface area contributed by atoms with Gasteiger partial charge in [-0.3, -0.25) is 4.79 Å². The molecule has 2 aliphatic carbocycles. The molecule has 40 heavy (non-hydrogen) atoms. The van der Waals surface area contributed by atoms with Gasteiger partial charge < -0.3 is 49.4 Å². The number of carbonyl (C=O) groups excluding carboxylic acids is 2. The van der Waals surface area contributed by atoms with Crippen molar-refractivity contribution in [2.24, 2.45) is 0 Å². The second kappa shape index (κ2) is 9.73. The van der Waals surface area contributed by atoms with Crippen LogP contribution in [-0.2, 0) is 40.5 Å². The molecule has 7 atom stereocenters. The smallest absolute Gasteiger partial charge is 0.345 e. The maximum Gasteiger partial charge on any atom is 0.345 e. The van der Waals surface area contributed by atoms with Crippen molar-refractivity contribution in [1.82, 2.24) is 4.90 Å². The fraction of sp³-hybridized carbons (Fsp3) is 0.538. The van der Waals surface area contributed by atoms with Gasteiger partial charge in [0.25, 0.3) is 0 Å². The van der Waals surface area contributed by atoms with Crippen LogP contribution in [0.15, 0.2) is 24.0 Å². The predicted molar refractivity (Wildman–Crippen MR) is 129 cm³/mol. The summed E-state index contributed by atoms with van der Waals surface area (Å²) in [6.07, 6.45) is -6.77. The molecular weight excluding hydrogens is 534 g/mol. The van der Waals surface area contributed by atoms with E-state index in [1.165, 1.54) is 13.2 Å². The van der Waals surface area contributed by atoms with Crippen molar-refractivity contribution in [1.29, 1.82) is 0 Å². The normalized spacial score (nSPS) is 30.1. The van der Waals surface area contributed by atoms with Gasteiger partial charge in [0, 0.05) is 18.0 Å². The van der Waals surface area contributed by atoms with E-state index in [2.05, 4.69) is 9.64 Å². The van der Waals surface area contributed by atoms with E-state index < -0.39 is 65.7 Å². The summed E-state index contributed by atoms with van der Waals surface area (Å²) < 4.78 is 21.7. The number of nitrogens with zero attached hydrogens (tertiary/aromatic N) is 1. The molecule has 1 saturated heterocycles. The summed E-state index contributed by atoms with van der Waals surface area (Å²) in [6.45, 7) is 0.610.